The Bertz CT molecular complexity index is 661. The highest BCUT2D eigenvalue weighted by Gasteiger charge is 2.44. The Morgan fingerprint density at radius 1 is 0.600 bits per heavy atom. The van der Waals surface area contributed by atoms with E-state index in [4.69, 9.17) is 4.74 Å². The van der Waals surface area contributed by atoms with Crippen molar-refractivity contribution in [2.75, 3.05) is 0 Å². The first-order valence-corrected chi connectivity index (χ1v) is 6.79. The normalized spacial score (nSPS) is 14.9. The van der Waals surface area contributed by atoms with Crippen LogP contribution in [0, 0.1) is 0 Å². The molecule has 0 heterocycles. The molecule has 0 aliphatic heterocycles. The molecule has 0 N–H and O–H groups in total. The molecule has 2 aromatic rings. The van der Waals surface area contributed by atoms with E-state index in [1.54, 1.807) is 0 Å². The number of hydrogen-bond acceptors (Lipinski definition) is 1. The summed E-state index contributed by atoms with van der Waals surface area (Å²) >= 11 is 0. The average molecular weight is 370 g/mol. The molecule has 0 amide bonds. The van der Waals surface area contributed by atoms with Gasteiger partial charge in [0, 0.05) is 11.1 Å². The predicted molar refractivity (Wildman–Crippen MR) is 72.8 cm³/mol. The molecular formula is C16H10F8O. The fourth-order valence-electron chi connectivity index (χ4n) is 2.04. The van der Waals surface area contributed by atoms with Crippen molar-refractivity contribution in [2.24, 2.45) is 0 Å². The van der Waals surface area contributed by atoms with Crippen LogP contribution >= 0.6 is 0 Å². The Labute approximate surface area is 136 Å². The summed E-state index contributed by atoms with van der Waals surface area (Å²) in [6.07, 6.45) is -17.3. The van der Waals surface area contributed by atoms with Gasteiger partial charge in [-0.25, -0.2) is 8.78 Å². The number of halogens is 8. The standard InChI is InChI=1S/C16H10F8O/c17-13(15(19,20)21)9-5-1-3-7-11(9)25-12-8-4-2-6-10(12)14(18)16(22,23)24/h1-8,13-14H. The highest BCUT2D eigenvalue weighted by atomic mass is 19.4. The maximum atomic E-state index is 13.6. The van der Waals surface area contributed by atoms with Crippen LogP contribution in [-0.2, 0) is 0 Å². The number of alkyl halides is 8. The lowest BCUT2D eigenvalue weighted by Gasteiger charge is -2.19. The number of hydrogen-bond donors (Lipinski definition) is 0. The zero-order valence-electron chi connectivity index (χ0n) is 12.2. The maximum Gasteiger partial charge on any atom is 0.424 e. The van der Waals surface area contributed by atoms with Gasteiger partial charge in [0.2, 0.25) is 12.3 Å². The van der Waals surface area contributed by atoms with Gasteiger partial charge in [0.05, 0.1) is 0 Å². The topological polar surface area (TPSA) is 9.23 Å². The molecule has 2 rings (SSSR count). The van der Waals surface area contributed by atoms with Crippen molar-refractivity contribution in [1.82, 2.24) is 0 Å². The van der Waals surface area contributed by atoms with E-state index in [1.807, 2.05) is 0 Å². The second-order valence-electron chi connectivity index (χ2n) is 4.99. The SMILES string of the molecule is FC(c1ccccc1Oc1ccccc1C(F)C(F)(F)F)C(F)(F)F. The van der Waals surface area contributed by atoms with E-state index in [2.05, 4.69) is 0 Å². The van der Waals surface area contributed by atoms with Crippen molar-refractivity contribution in [3.63, 3.8) is 0 Å². The summed E-state index contributed by atoms with van der Waals surface area (Å²) in [6, 6.07) is 8.11. The lowest BCUT2D eigenvalue weighted by atomic mass is 10.1. The van der Waals surface area contributed by atoms with Crippen LogP contribution in [0.4, 0.5) is 35.1 Å². The Morgan fingerprint density at radius 3 is 1.24 bits per heavy atom. The highest BCUT2D eigenvalue weighted by Crippen LogP contribution is 2.44. The molecule has 0 radical (unpaired) electrons. The third-order valence-electron chi connectivity index (χ3n) is 3.18. The zero-order chi connectivity index (χ0) is 18.8. The van der Waals surface area contributed by atoms with Crippen molar-refractivity contribution >= 4 is 0 Å². The molecule has 0 aromatic heterocycles. The third kappa shape index (κ3) is 4.40. The molecule has 0 saturated heterocycles. The molecule has 2 unspecified atom stereocenters. The van der Waals surface area contributed by atoms with Crippen molar-refractivity contribution in [3.05, 3.63) is 59.7 Å². The minimum Gasteiger partial charge on any atom is -0.457 e. The van der Waals surface area contributed by atoms with E-state index < -0.39 is 47.3 Å². The fourth-order valence-corrected chi connectivity index (χ4v) is 2.04. The van der Waals surface area contributed by atoms with Crippen molar-refractivity contribution < 1.29 is 39.9 Å². The first-order chi connectivity index (χ1) is 11.5. The van der Waals surface area contributed by atoms with Crippen molar-refractivity contribution in [3.8, 4) is 11.5 Å². The molecule has 0 saturated carbocycles. The zero-order valence-corrected chi connectivity index (χ0v) is 12.2. The maximum absolute atomic E-state index is 13.6. The summed E-state index contributed by atoms with van der Waals surface area (Å²) < 4.78 is 108. The highest BCUT2D eigenvalue weighted by molar-refractivity contribution is 5.43. The largest absolute Gasteiger partial charge is 0.457 e. The second-order valence-corrected chi connectivity index (χ2v) is 4.99. The summed E-state index contributed by atoms with van der Waals surface area (Å²) in [4.78, 5) is 0. The molecule has 25 heavy (non-hydrogen) atoms. The summed E-state index contributed by atoms with van der Waals surface area (Å²) in [7, 11) is 0. The molecule has 136 valence electrons. The smallest absolute Gasteiger partial charge is 0.424 e. The van der Waals surface area contributed by atoms with Gasteiger partial charge in [-0.15, -0.1) is 0 Å². The van der Waals surface area contributed by atoms with Crippen LogP contribution in [0.3, 0.4) is 0 Å². The van der Waals surface area contributed by atoms with Gasteiger partial charge >= 0.3 is 12.4 Å². The Kier molecular flexibility index (Phi) is 5.24. The van der Waals surface area contributed by atoms with Crippen LogP contribution in [0.1, 0.15) is 23.5 Å². The van der Waals surface area contributed by atoms with Gasteiger partial charge in [-0.3, -0.25) is 0 Å². The monoisotopic (exact) mass is 370 g/mol. The number of ether oxygens (including phenoxy) is 1. The quantitative estimate of drug-likeness (QED) is 0.549. The molecule has 0 aliphatic rings. The van der Waals surface area contributed by atoms with Crippen molar-refractivity contribution in [1.29, 1.82) is 0 Å². The Morgan fingerprint density at radius 2 is 0.920 bits per heavy atom. The summed E-state index contributed by atoms with van der Waals surface area (Å²) in [5.74, 6) is -1.32. The molecule has 0 aliphatic carbocycles. The van der Waals surface area contributed by atoms with E-state index >= 15 is 0 Å². The van der Waals surface area contributed by atoms with Gasteiger partial charge in [0.15, 0.2) is 0 Å². The van der Waals surface area contributed by atoms with Crippen LogP contribution < -0.4 is 4.74 Å². The molecule has 0 spiro atoms. The molecule has 0 fully saturated rings. The van der Waals surface area contributed by atoms with Gasteiger partial charge < -0.3 is 4.74 Å². The first kappa shape index (κ1) is 19.0. The molecule has 0 bridgehead atoms. The minimum atomic E-state index is -5.23. The summed E-state index contributed by atoms with van der Waals surface area (Å²) in [5.41, 5.74) is -1.85. The van der Waals surface area contributed by atoms with E-state index in [1.165, 1.54) is 12.1 Å². The first-order valence-electron chi connectivity index (χ1n) is 6.79. The van der Waals surface area contributed by atoms with Gasteiger partial charge in [0.25, 0.3) is 0 Å². The van der Waals surface area contributed by atoms with E-state index in [0.717, 1.165) is 36.4 Å². The lowest BCUT2D eigenvalue weighted by Crippen LogP contribution is -2.18. The summed E-state index contributed by atoms with van der Waals surface area (Å²) in [5, 5.41) is 0. The number of para-hydroxylation sites is 2. The van der Waals surface area contributed by atoms with Crippen LogP contribution in [0.5, 0.6) is 11.5 Å². The Hall–Kier alpha value is -2.32. The molecule has 2 aromatic carbocycles. The fraction of sp³-hybridized carbons (Fsp3) is 0.250. The molecular weight excluding hydrogens is 360 g/mol. The van der Waals surface area contributed by atoms with E-state index in [-0.39, 0.29) is 0 Å². The summed E-state index contributed by atoms with van der Waals surface area (Å²) in [6.45, 7) is 0. The number of rotatable bonds is 4. The van der Waals surface area contributed by atoms with Crippen LogP contribution in [-0.4, -0.2) is 12.4 Å². The van der Waals surface area contributed by atoms with Gasteiger partial charge in [-0.1, -0.05) is 36.4 Å². The minimum absolute atomic E-state index is 0.658. The second kappa shape index (κ2) is 6.89. The van der Waals surface area contributed by atoms with Crippen LogP contribution in [0.2, 0.25) is 0 Å². The average Bonchev–Trinajstić information content (AvgIpc) is 2.53. The van der Waals surface area contributed by atoms with Crippen LogP contribution in [0.25, 0.3) is 0 Å². The Balaban J connectivity index is 2.43. The van der Waals surface area contributed by atoms with E-state index in [9.17, 15) is 35.1 Å². The third-order valence-corrected chi connectivity index (χ3v) is 3.18. The van der Waals surface area contributed by atoms with Crippen LogP contribution in [0.15, 0.2) is 48.5 Å². The van der Waals surface area contributed by atoms with Crippen molar-refractivity contribution in [2.45, 2.75) is 24.7 Å². The molecule has 9 heteroatoms. The van der Waals surface area contributed by atoms with E-state index in [0.29, 0.717) is 0 Å². The van der Waals surface area contributed by atoms with Gasteiger partial charge in [-0.2, -0.15) is 26.3 Å². The lowest BCUT2D eigenvalue weighted by molar-refractivity contribution is -0.183. The predicted octanol–water partition coefficient (Wildman–Crippen LogP) is 6.62. The van der Waals surface area contributed by atoms with Gasteiger partial charge in [0.1, 0.15) is 11.5 Å². The molecule has 1 nitrogen and oxygen atoms in total. The van der Waals surface area contributed by atoms with Gasteiger partial charge in [-0.05, 0) is 12.1 Å². The molecule has 2 atom stereocenters. The number of benzene rings is 2.